The highest BCUT2D eigenvalue weighted by molar-refractivity contribution is 5.85. The first kappa shape index (κ1) is 17.0. The van der Waals surface area contributed by atoms with Crippen molar-refractivity contribution in [3.8, 4) is 0 Å². The summed E-state index contributed by atoms with van der Waals surface area (Å²) in [5, 5.41) is 1.09. The molecule has 2 aromatic rings. The van der Waals surface area contributed by atoms with Gasteiger partial charge in [0.25, 0.3) is 0 Å². The third-order valence-corrected chi connectivity index (χ3v) is 5.14. The van der Waals surface area contributed by atoms with E-state index in [1.54, 1.807) is 4.90 Å². The molecule has 1 aromatic carbocycles. The van der Waals surface area contributed by atoms with Gasteiger partial charge in [-0.05, 0) is 18.9 Å². The molecule has 0 atom stereocenters. The smallest absolute Gasteiger partial charge is 0.230 e. The highest BCUT2D eigenvalue weighted by atomic mass is 16.5. The number of para-hydroxylation sites is 1. The van der Waals surface area contributed by atoms with Gasteiger partial charge in [-0.3, -0.25) is 4.79 Å². The van der Waals surface area contributed by atoms with Gasteiger partial charge in [-0.25, -0.2) is 0 Å². The molecule has 5 heteroatoms. The second kappa shape index (κ2) is 6.95. The Bertz CT molecular complexity index is 716. The topological polar surface area (TPSA) is 68.7 Å². The Morgan fingerprint density at radius 2 is 2.00 bits per heavy atom. The average Bonchev–Trinajstić information content (AvgIpc) is 2.99. The number of aryl methyl sites for hydroxylation is 1. The number of hydrogen-bond donors (Lipinski definition) is 1. The molecule has 0 bridgehead atoms. The van der Waals surface area contributed by atoms with E-state index in [9.17, 15) is 4.79 Å². The number of furan rings is 1. The second-order valence-corrected chi connectivity index (χ2v) is 6.61. The van der Waals surface area contributed by atoms with E-state index >= 15 is 0 Å². The number of fused-ring (bicyclic) bond motifs is 1. The molecule has 130 valence electrons. The fraction of sp³-hybridized carbons (Fsp3) is 0.526. The number of amides is 1. The quantitative estimate of drug-likeness (QED) is 0.915. The Morgan fingerprint density at radius 1 is 1.29 bits per heavy atom. The molecule has 0 spiro atoms. The van der Waals surface area contributed by atoms with Crippen LogP contribution in [0.4, 0.5) is 0 Å². The van der Waals surface area contributed by atoms with Crippen LogP contribution in [-0.4, -0.2) is 37.6 Å². The highest BCUT2D eigenvalue weighted by Crippen LogP contribution is 2.33. The normalized spacial score (nSPS) is 17.1. The van der Waals surface area contributed by atoms with Crippen LogP contribution in [0, 0.1) is 5.41 Å². The number of nitrogens with zero attached hydrogens (tertiary/aromatic N) is 1. The zero-order valence-corrected chi connectivity index (χ0v) is 14.5. The van der Waals surface area contributed by atoms with Crippen LogP contribution in [0.2, 0.25) is 0 Å². The Morgan fingerprint density at radius 3 is 2.67 bits per heavy atom. The third-order valence-electron chi connectivity index (χ3n) is 5.14. The number of ether oxygens (including phenoxy) is 1. The van der Waals surface area contributed by atoms with Crippen LogP contribution in [0.5, 0.6) is 0 Å². The minimum atomic E-state index is -0.487. The van der Waals surface area contributed by atoms with Gasteiger partial charge >= 0.3 is 0 Å². The maximum atomic E-state index is 13.1. The average molecular weight is 330 g/mol. The molecule has 24 heavy (non-hydrogen) atoms. The van der Waals surface area contributed by atoms with Crippen molar-refractivity contribution in [2.75, 3.05) is 26.8 Å². The summed E-state index contributed by atoms with van der Waals surface area (Å²) in [6.45, 7) is 4.19. The fourth-order valence-electron chi connectivity index (χ4n) is 3.59. The van der Waals surface area contributed by atoms with Crippen LogP contribution >= 0.6 is 0 Å². The molecular weight excluding hydrogens is 304 g/mol. The number of carbonyl (C=O) groups excluding carboxylic acids is 1. The summed E-state index contributed by atoms with van der Waals surface area (Å²) in [5.41, 5.74) is 7.47. The van der Waals surface area contributed by atoms with Crippen molar-refractivity contribution in [3.05, 3.63) is 35.6 Å². The van der Waals surface area contributed by atoms with Gasteiger partial charge in [0, 0.05) is 50.7 Å². The lowest BCUT2D eigenvalue weighted by Crippen LogP contribution is -2.49. The van der Waals surface area contributed by atoms with Gasteiger partial charge in [0.2, 0.25) is 5.91 Å². The van der Waals surface area contributed by atoms with Crippen LogP contribution in [0.1, 0.15) is 31.1 Å². The molecule has 0 saturated carbocycles. The van der Waals surface area contributed by atoms with Crippen LogP contribution in [0.25, 0.3) is 11.0 Å². The number of hydrogen-bond acceptors (Lipinski definition) is 4. The van der Waals surface area contributed by atoms with Gasteiger partial charge in [-0.1, -0.05) is 25.1 Å². The van der Waals surface area contributed by atoms with E-state index in [2.05, 4.69) is 13.0 Å². The molecule has 0 unspecified atom stereocenters. The van der Waals surface area contributed by atoms with E-state index < -0.39 is 5.41 Å². The van der Waals surface area contributed by atoms with Gasteiger partial charge in [0.15, 0.2) is 0 Å². The van der Waals surface area contributed by atoms with Gasteiger partial charge in [-0.2, -0.15) is 0 Å². The minimum absolute atomic E-state index is 0.112. The summed E-state index contributed by atoms with van der Waals surface area (Å²) in [7, 11) is 1.86. The summed E-state index contributed by atoms with van der Waals surface area (Å²) >= 11 is 0. The fourth-order valence-corrected chi connectivity index (χ4v) is 3.59. The SMILES string of the molecule is CCc1oc2ccccc2c1CN(C)C(=O)C1(CN)CCOCC1. The summed E-state index contributed by atoms with van der Waals surface area (Å²) in [6.07, 6.45) is 2.20. The molecule has 1 amide bonds. The largest absolute Gasteiger partial charge is 0.461 e. The first-order chi connectivity index (χ1) is 11.6. The summed E-state index contributed by atoms with van der Waals surface area (Å²) in [5.74, 6) is 1.06. The number of rotatable bonds is 5. The molecular formula is C19H26N2O3. The highest BCUT2D eigenvalue weighted by Gasteiger charge is 2.40. The van der Waals surface area contributed by atoms with Crippen molar-refractivity contribution in [2.24, 2.45) is 11.1 Å². The minimum Gasteiger partial charge on any atom is -0.461 e. The van der Waals surface area contributed by atoms with E-state index in [0.717, 1.165) is 28.7 Å². The Hall–Kier alpha value is -1.85. The maximum absolute atomic E-state index is 13.1. The van der Waals surface area contributed by atoms with Gasteiger partial charge in [-0.15, -0.1) is 0 Å². The predicted octanol–water partition coefficient (Wildman–Crippen LogP) is 2.71. The number of nitrogens with two attached hydrogens (primary N) is 1. The zero-order valence-electron chi connectivity index (χ0n) is 14.5. The maximum Gasteiger partial charge on any atom is 0.230 e. The standard InChI is InChI=1S/C19H26N2O3/c1-3-16-15(14-6-4-5-7-17(14)24-16)12-21(2)18(22)19(13-20)8-10-23-11-9-19/h4-7H,3,8-13,20H2,1-2H3. The molecule has 2 N–H and O–H groups in total. The molecule has 1 aromatic heterocycles. The van der Waals surface area contributed by atoms with Crippen molar-refractivity contribution in [1.29, 1.82) is 0 Å². The van der Waals surface area contributed by atoms with E-state index in [-0.39, 0.29) is 5.91 Å². The zero-order chi connectivity index (χ0) is 17.2. The number of benzene rings is 1. The molecule has 1 saturated heterocycles. The Balaban J connectivity index is 1.86. The van der Waals surface area contributed by atoms with Crippen LogP contribution in [-0.2, 0) is 22.5 Å². The van der Waals surface area contributed by atoms with E-state index in [0.29, 0.717) is 39.1 Å². The lowest BCUT2D eigenvalue weighted by Gasteiger charge is -2.37. The van der Waals surface area contributed by atoms with E-state index in [1.807, 2.05) is 25.2 Å². The molecule has 5 nitrogen and oxygen atoms in total. The monoisotopic (exact) mass is 330 g/mol. The van der Waals surface area contributed by atoms with Crippen molar-refractivity contribution in [2.45, 2.75) is 32.7 Å². The Labute approximate surface area is 142 Å². The van der Waals surface area contributed by atoms with Crippen LogP contribution < -0.4 is 5.73 Å². The molecule has 2 heterocycles. The van der Waals surface area contributed by atoms with Crippen molar-refractivity contribution >= 4 is 16.9 Å². The summed E-state index contributed by atoms with van der Waals surface area (Å²) in [4.78, 5) is 14.9. The van der Waals surface area contributed by atoms with Crippen LogP contribution in [0.3, 0.4) is 0 Å². The second-order valence-electron chi connectivity index (χ2n) is 6.61. The van der Waals surface area contributed by atoms with Crippen molar-refractivity contribution in [3.63, 3.8) is 0 Å². The predicted molar refractivity (Wildman–Crippen MR) is 93.6 cm³/mol. The van der Waals surface area contributed by atoms with E-state index in [1.165, 1.54) is 0 Å². The van der Waals surface area contributed by atoms with Gasteiger partial charge < -0.3 is 19.8 Å². The van der Waals surface area contributed by atoms with Crippen LogP contribution in [0.15, 0.2) is 28.7 Å². The first-order valence-corrected chi connectivity index (χ1v) is 8.64. The number of carbonyl (C=O) groups is 1. The third kappa shape index (κ3) is 2.94. The molecule has 0 radical (unpaired) electrons. The van der Waals surface area contributed by atoms with Crippen molar-refractivity contribution in [1.82, 2.24) is 4.90 Å². The lowest BCUT2D eigenvalue weighted by atomic mass is 9.79. The molecule has 1 fully saturated rings. The molecule has 1 aliphatic rings. The lowest BCUT2D eigenvalue weighted by molar-refractivity contribution is -0.146. The van der Waals surface area contributed by atoms with Gasteiger partial charge in [0.05, 0.1) is 5.41 Å². The summed E-state index contributed by atoms with van der Waals surface area (Å²) < 4.78 is 11.4. The van der Waals surface area contributed by atoms with Crippen molar-refractivity contribution < 1.29 is 13.9 Å². The first-order valence-electron chi connectivity index (χ1n) is 8.64. The van der Waals surface area contributed by atoms with E-state index in [4.69, 9.17) is 14.9 Å². The molecule has 0 aliphatic carbocycles. The summed E-state index contributed by atoms with van der Waals surface area (Å²) in [6, 6.07) is 8.00. The van der Waals surface area contributed by atoms with Gasteiger partial charge in [0.1, 0.15) is 11.3 Å². The molecule has 1 aliphatic heterocycles. The Kier molecular flexibility index (Phi) is 4.92. The molecule has 3 rings (SSSR count).